The number of benzene rings is 1. The molecule has 0 bridgehead atoms. The molecule has 408 valence electrons. The average molecular weight is 983 g/mol. The Hall–Kier alpha value is -2.41. The van der Waals surface area contributed by atoms with E-state index in [0.717, 1.165) is 56.9 Å². The lowest BCUT2D eigenvalue weighted by atomic mass is 10.0. The SMILES string of the molecule is CCCCCCCCCCCCCCCCCC(=O)Oc1ccc(C[C@H](N)C(OC(=O)CCCCCCCCCCCCCCCCC)OC(=O)CCCCCCCCCCCCCCCCC)cc1. The summed E-state index contributed by atoms with van der Waals surface area (Å²) in [6.07, 6.45) is 57.4. The summed E-state index contributed by atoms with van der Waals surface area (Å²) in [5, 5.41) is 0. The van der Waals surface area contributed by atoms with Crippen molar-refractivity contribution in [1.29, 1.82) is 0 Å². The van der Waals surface area contributed by atoms with E-state index in [1.54, 1.807) is 12.1 Å². The van der Waals surface area contributed by atoms with Crippen LogP contribution in [0.2, 0.25) is 0 Å². The number of carbonyl (C=O) groups excluding carboxylic acids is 3. The monoisotopic (exact) mass is 982 g/mol. The Morgan fingerprint density at radius 1 is 0.343 bits per heavy atom. The van der Waals surface area contributed by atoms with Crippen LogP contribution in [0.25, 0.3) is 0 Å². The van der Waals surface area contributed by atoms with Gasteiger partial charge in [-0.2, -0.15) is 0 Å². The number of hydrogen-bond acceptors (Lipinski definition) is 7. The summed E-state index contributed by atoms with van der Waals surface area (Å²) in [7, 11) is 0. The van der Waals surface area contributed by atoms with Crippen LogP contribution < -0.4 is 10.5 Å². The Kier molecular flexibility index (Phi) is 48.3. The molecular formula is C63H115NO6. The number of hydrogen-bond donors (Lipinski definition) is 1. The Morgan fingerprint density at radius 3 is 0.829 bits per heavy atom. The predicted octanol–water partition coefficient (Wildman–Crippen LogP) is 19.7. The smallest absolute Gasteiger partial charge is 0.311 e. The highest BCUT2D eigenvalue weighted by molar-refractivity contribution is 5.72. The van der Waals surface area contributed by atoms with Gasteiger partial charge in [-0.3, -0.25) is 14.4 Å². The zero-order chi connectivity index (χ0) is 50.6. The van der Waals surface area contributed by atoms with E-state index in [2.05, 4.69) is 20.8 Å². The molecule has 2 N–H and O–H groups in total. The van der Waals surface area contributed by atoms with Gasteiger partial charge in [0.05, 0.1) is 6.04 Å². The van der Waals surface area contributed by atoms with Gasteiger partial charge in [0, 0.05) is 19.3 Å². The first kappa shape index (κ1) is 65.6. The van der Waals surface area contributed by atoms with Crippen LogP contribution in [0.1, 0.15) is 335 Å². The van der Waals surface area contributed by atoms with Crippen LogP contribution >= 0.6 is 0 Å². The molecule has 1 atom stereocenters. The molecule has 0 saturated carbocycles. The maximum atomic E-state index is 13.1. The quantitative estimate of drug-likeness (QED) is 0.0300. The normalized spacial score (nSPS) is 11.9. The number of esters is 3. The van der Waals surface area contributed by atoms with Gasteiger partial charge in [0.1, 0.15) is 5.75 Å². The molecule has 0 radical (unpaired) electrons. The molecule has 0 aliphatic carbocycles. The van der Waals surface area contributed by atoms with Crippen LogP contribution in [0.3, 0.4) is 0 Å². The van der Waals surface area contributed by atoms with Crippen molar-refractivity contribution in [2.24, 2.45) is 5.73 Å². The summed E-state index contributed by atoms with van der Waals surface area (Å²) in [6.45, 7) is 6.82. The lowest BCUT2D eigenvalue weighted by molar-refractivity contribution is -0.191. The van der Waals surface area contributed by atoms with Gasteiger partial charge in [0.2, 0.25) is 0 Å². The van der Waals surface area contributed by atoms with Gasteiger partial charge in [-0.1, -0.05) is 303 Å². The highest BCUT2D eigenvalue weighted by atomic mass is 16.7. The fourth-order valence-electron chi connectivity index (χ4n) is 9.74. The number of rotatable bonds is 54. The van der Waals surface area contributed by atoms with Gasteiger partial charge < -0.3 is 19.9 Å². The van der Waals surface area contributed by atoms with Crippen molar-refractivity contribution in [2.75, 3.05) is 0 Å². The highest BCUT2D eigenvalue weighted by Crippen LogP contribution is 2.20. The van der Waals surface area contributed by atoms with E-state index in [-0.39, 0.29) is 30.7 Å². The summed E-state index contributed by atoms with van der Waals surface area (Å²) < 4.78 is 17.3. The standard InChI is InChI=1S/C63H115NO6/c1-4-7-10-13-16-19-22-25-28-31-34-37-40-43-46-49-60(65)68-58-54-52-57(53-55-58)56-59(64)63(69-61(66)50-47-44-41-38-35-32-29-26-23-20-17-14-11-8-5-2)70-62(67)51-48-45-42-39-36-33-30-27-24-21-18-15-12-9-6-3/h52-55,59,63H,4-51,56,64H2,1-3H3/t59-/m0/s1. The van der Waals surface area contributed by atoms with Gasteiger partial charge in [-0.05, 0) is 43.4 Å². The molecule has 1 aromatic rings. The fourth-order valence-corrected chi connectivity index (χ4v) is 9.74. The molecule has 70 heavy (non-hydrogen) atoms. The molecular weight excluding hydrogens is 867 g/mol. The first-order chi connectivity index (χ1) is 34.4. The van der Waals surface area contributed by atoms with Crippen molar-refractivity contribution < 1.29 is 28.6 Å². The maximum absolute atomic E-state index is 13.1. The molecule has 0 amide bonds. The molecule has 0 fully saturated rings. The molecule has 0 spiro atoms. The van der Waals surface area contributed by atoms with Gasteiger partial charge in [0.15, 0.2) is 0 Å². The Morgan fingerprint density at radius 2 is 0.571 bits per heavy atom. The van der Waals surface area contributed by atoms with E-state index in [0.29, 0.717) is 18.6 Å². The Balaban J connectivity index is 2.43. The van der Waals surface area contributed by atoms with Crippen LogP contribution in [0, 0.1) is 0 Å². The van der Waals surface area contributed by atoms with Crippen molar-refractivity contribution in [3.05, 3.63) is 29.8 Å². The molecule has 0 aliphatic heterocycles. The predicted molar refractivity (Wildman–Crippen MR) is 298 cm³/mol. The molecule has 7 nitrogen and oxygen atoms in total. The molecule has 7 heteroatoms. The highest BCUT2D eigenvalue weighted by Gasteiger charge is 2.26. The van der Waals surface area contributed by atoms with E-state index in [1.807, 2.05) is 12.1 Å². The van der Waals surface area contributed by atoms with Crippen LogP contribution in [0.4, 0.5) is 0 Å². The number of unbranched alkanes of at least 4 members (excludes halogenated alkanes) is 42. The van der Waals surface area contributed by atoms with E-state index >= 15 is 0 Å². The third-order valence-electron chi connectivity index (χ3n) is 14.4. The molecule has 0 aliphatic rings. The third-order valence-corrected chi connectivity index (χ3v) is 14.4. The molecule has 0 aromatic heterocycles. The Labute approximate surface area is 433 Å². The lowest BCUT2D eigenvalue weighted by Crippen LogP contribution is -2.43. The van der Waals surface area contributed by atoms with E-state index in [9.17, 15) is 14.4 Å². The number of carbonyl (C=O) groups is 3. The molecule has 1 aromatic carbocycles. The van der Waals surface area contributed by atoms with E-state index in [4.69, 9.17) is 19.9 Å². The van der Waals surface area contributed by atoms with E-state index < -0.39 is 12.3 Å². The van der Waals surface area contributed by atoms with Gasteiger partial charge in [0.25, 0.3) is 6.29 Å². The average Bonchev–Trinajstić information content (AvgIpc) is 3.35. The summed E-state index contributed by atoms with van der Waals surface area (Å²) in [5.41, 5.74) is 7.53. The largest absolute Gasteiger partial charge is 0.427 e. The van der Waals surface area contributed by atoms with Crippen molar-refractivity contribution >= 4 is 17.9 Å². The second-order valence-electron chi connectivity index (χ2n) is 21.4. The fraction of sp³-hybridized carbons (Fsp3) is 0.857. The maximum Gasteiger partial charge on any atom is 0.311 e. The summed E-state index contributed by atoms with van der Waals surface area (Å²) >= 11 is 0. The minimum atomic E-state index is -1.15. The van der Waals surface area contributed by atoms with Gasteiger partial charge in [-0.25, -0.2) is 0 Å². The topological polar surface area (TPSA) is 105 Å². The van der Waals surface area contributed by atoms with Crippen molar-refractivity contribution in [1.82, 2.24) is 0 Å². The Bertz CT molecular complexity index is 1240. The summed E-state index contributed by atoms with van der Waals surface area (Å²) in [6, 6.07) is 6.59. The second-order valence-corrected chi connectivity index (χ2v) is 21.4. The van der Waals surface area contributed by atoms with Crippen LogP contribution in [0.15, 0.2) is 24.3 Å². The minimum Gasteiger partial charge on any atom is -0.427 e. The second kappa shape index (κ2) is 51.5. The first-order valence-corrected chi connectivity index (χ1v) is 30.8. The van der Waals surface area contributed by atoms with Crippen LogP contribution in [0.5, 0.6) is 5.75 Å². The van der Waals surface area contributed by atoms with E-state index in [1.165, 1.54) is 238 Å². The zero-order valence-corrected chi connectivity index (χ0v) is 46.6. The zero-order valence-electron chi connectivity index (χ0n) is 46.6. The minimum absolute atomic E-state index is 0.207. The first-order valence-electron chi connectivity index (χ1n) is 30.8. The number of ether oxygens (including phenoxy) is 3. The molecule has 1 rings (SSSR count). The molecule has 0 unspecified atom stereocenters. The summed E-state index contributed by atoms with van der Waals surface area (Å²) in [4.78, 5) is 38.8. The summed E-state index contributed by atoms with van der Waals surface area (Å²) in [5.74, 6) is -0.441. The molecule has 0 heterocycles. The van der Waals surface area contributed by atoms with Crippen molar-refractivity contribution in [2.45, 2.75) is 348 Å². The van der Waals surface area contributed by atoms with Gasteiger partial charge >= 0.3 is 17.9 Å². The lowest BCUT2D eigenvalue weighted by Gasteiger charge is -2.24. The van der Waals surface area contributed by atoms with Crippen LogP contribution in [-0.2, 0) is 30.3 Å². The van der Waals surface area contributed by atoms with Crippen molar-refractivity contribution in [3.63, 3.8) is 0 Å². The van der Waals surface area contributed by atoms with Crippen molar-refractivity contribution in [3.8, 4) is 5.75 Å². The third kappa shape index (κ3) is 44.3. The number of nitrogens with two attached hydrogens (primary N) is 1. The molecule has 0 saturated heterocycles. The van der Waals surface area contributed by atoms with Gasteiger partial charge in [-0.15, -0.1) is 0 Å². The van der Waals surface area contributed by atoms with Crippen LogP contribution in [-0.4, -0.2) is 30.2 Å².